The second-order valence-corrected chi connectivity index (χ2v) is 2.40. The summed E-state index contributed by atoms with van der Waals surface area (Å²) in [6.45, 7) is 3.46. The first-order valence-electron chi connectivity index (χ1n) is 3.42. The fraction of sp³-hybridized carbons (Fsp3) is 0.833. The maximum absolute atomic E-state index is 10.1. The predicted octanol–water partition coefficient (Wildman–Crippen LogP) is -1.15. The predicted molar refractivity (Wildman–Crippen MR) is 35.0 cm³/mol. The third-order valence-corrected chi connectivity index (χ3v) is 1.56. The molecule has 1 rings (SSSR count). The first-order chi connectivity index (χ1) is 4.79. The van der Waals surface area contributed by atoms with Crippen LogP contribution in [0.2, 0.25) is 0 Å². The van der Waals surface area contributed by atoms with Gasteiger partial charge in [0.05, 0.1) is 0 Å². The third-order valence-electron chi connectivity index (χ3n) is 1.56. The molecule has 1 heterocycles. The van der Waals surface area contributed by atoms with Gasteiger partial charge in [0.15, 0.2) is 0 Å². The molecular formula is C6H11N2O2. The SMILES string of the molecule is [O]C(=O)CN1CCNCC1. The van der Waals surface area contributed by atoms with Crippen molar-refractivity contribution >= 4 is 5.97 Å². The largest absolute Gasteiger partial charge is 0.369 e. The Kier molecular flexibility index (Phi) is 2.65. The van der Waals surface area contributed by atoms with Gasteiger partial charge < -0.3 is 5.32 Å². The van der Waals surface area contributed by atoms with Gasteiger partial charge >= 0.3 is 5.97 Å². The second kappa shape index (κ2) is 3.53. The van der Waals surface area contributed by atoms with Crippen LogP contribution in [0.15, 0.2) is 0 Å². The van der Waals surface area contributed by atoms with Crippen LogP contribution in [-0.2, 0) is 9.90 Å². The Morgan fingerprint density at radius 3 is 2.50 bits per heavy atom. The lowest BCUT2D eigenvalue weighted by atomic mass is 10.3. The summed E-state index contributed by atoms with van der Waals surface area (Å²) in [4.78, 5) is 12.0. The number of nitrogens with zero attached hydrogens (tertiary/aromatic N) is 1. The number of carbonyl (C=O) groups is 1. The number of nitrogens with one attached hydrogen (secondary N) is 1. The van der Waals surface area contributed by atoms with Crippen molar-refractivity contribution in [3.05, 3.63) is 0 Å². The molecule has 0 aromatic carbocycles. The molecule has 1 aliphatic heterocycles. The van der Waals surface area contributed by atoms with Gasteiger partial charge in [-0.1, -0.05) is 0 Å². The van der Waals surface area contributed by atoms with Crippen LogP contribution >= 0.6 is 0 Å². The van der Waals surface area contributed by atoms with E-state index in [1.807, 2.05) is 4.90 Å². The van der Waals surface area contributed by atoms with E-state index in [4.69, 9.17) is 0 Å². The number of hydrogen-bond donors (Lipinski definition) is 1. The fourth-order valence-corrected chi connectivity index (χ4v) is 1.05. The normalized spacial score (nSPS) is 20.8. The minimum Gasteiger partial charge on any atom is -0.314 e. The Morgan fingerprint density at radius 2 is 2.00 bits per heavy atom. The van der Waals surface area contributed by atoms with Crippen molar-refractivity contribution < 1.29 is 9.90 Å². The molecule has 1 fully saturated rings. The van der Waals surface area contributed by atoms with Crippen LogP contribution in [0.25, 0.3) is 0 Å². The molecule has 1 N–H and O–H groups in total. The van der Waals surface area contributed by atoms with Crippen LogP contribution in [0.4, 0.5) is 0 Å². The van der Waals surface area contributed by atoms with Gasteiger partial charge in [-0.25, -0.2) is 9.90 Å². The van der Waals surface area contributed by atoms with Crippen molar-refractivity contribution in [2.75, 3.05) is 32.7 Å². The maximum atomic E-state index is 10.1. The average molecular weight is 143 g/mol. The summed E-state index contributed by atoms with van der Waals surface area (Å²) < 4.78 is 0. The molecule has 1 aliphatic rings. The molecule has 4 nitrogen and oxygen atoms in total. The van der Waals surface area contributed by atoms with E-state index >= 15 is 0 Å². The van der Waals surface area contributed by atoms with E-state index in [2.05, 4.69) is 5.32 Å². The molecule has 0 unspecified atom stereocenters. The van der Waals surface area contributed by atoms with Crippen molar-refractivity contribution in [2.45, 2.75) is 0 Å². The standard InChI is InChI=1S/C6H11N2O2/c9-6(10)5-8-3-1-7-2-4-8/h7H,1-5H2. The van der Waals surface area contributed by atoms with E-state index in [-0.39, 0.29) is 6.54 Å². The van der Waals surface area contributed by atoms with Crippen LogP contribution in [0, 0.1) is 0 Å². The van der Waals surface area contributed by atoms with Gasteiger partial charge in [0, 0.05) is 26.2 Å². The molecule has 0 amide bonds. The van der Waals surface area contributed by atoms with E-state index in [0.29, 0.717) is 0 Å². The van der Waals surface area contributed by atoms with E-state index in [1.54, 1.807) is 0 Å². The highest BCUT2D eigenvalue weighted by Gasteiger charge is 2.12. The molecule has 0 aromatic rings. The van der Waals surface area contributed by atoms with Gasteiger partial charge in [0.25, 0.3) is 0 Å². The van der Waals surface area contributed by atoms with Crippen molar-refractivity contribution in [1.82, 2.24) is 10.2 Å². The molecule has 1 saturated heterocycles. The third kappa shape index (κ3) is 2.33. The molecule has 0 atom stereocenters. The molecule has 0 aliphatic carbocycles. The zero-order chi connectivity index (χ0) is 7.40. The molecule has 0 spiro atoms. The van der Waals surface area contributed by atoms with Crippen molar-refractivity contribution in [3.63, 3.8) is 0 Å². The van der Waals surface area contributed by atoms with Gasteiger partial charge in [-0.2, -0.15) is 0 Å². The molecule has 0 aromatic heterocycles. The molecule has 10 heavy (non-hydrogen) atoms. The Morgan fingerprint density at radius 1 is 1.40 bits per heavy atom. The van der Waals surface area contributed by atoms with E-state index < -0.39 is 5.97 Å². The zero-order valence-corrected chi connectivity index (χ0v) is 5.80. The Hall–Kier alpha value is -0.610. The van der Waals surface area contributed by atoms with E-state index in [9.17, 15) is 9.90 Å². The summed E-state index contributed by atoms with van der Waals surface area (Å²) in [5.74, 6) is -0.984. The second-order valence-electron chi connectivity index (χ2n) is 2.40. The van der Waals surface area contributed by atoms with Crippen LogP contribution in [0.1, 0.15) is 0 Å². The Labute approximate surface area is 59.8 Å². The first kappa shape index (κ1) is 7.50. The van der Waals surface area contributed by atoms with Crippen LogP contribution in [0.5, 0.6) is 0 Å². The molecular weight excluding hydrogens is 132 g/mol. The Bertz CT molecular complexity index is 121. The number of hydrogen-bond acceptors (Lipinski definition) is 3. The summed E-state index contributed by atoms with van der Waals surface area (Å²) >= 11 is 0. The van der Waals surface area contributed by atoms with E-state index in [1.165, 1.54) is 0 Å². The van der Waals surface area contributed by atoms with Gasteiger partial charge in [-0.05, 0) is 0 Å². The molecule has 1 radical (unpaired) electrons. The highest BCUT2D eigenvalue weighted by atomic mass is 16.4. The fourth-order valence-electron chi connectivity index (χ4n) is 1.05. The molecule has 57 valence electrons. The minimum absolute atomic E-state index is 0.0711. The lowest BCUT2D eigenvalue weighted by Gasteiger charge is -2.24. The minimum atomic E-state index is -0.984. The van der Waals surface area contributed by atoms with Crippen molar-refractivity contribution in [3.8, 4) is 0 Å². The van der Waals surface area contributed by atoms with Crippen LogP contribution in [0.3, 0.4) is 0 Å². The number of piperazine rings is 1. The van der Waals surface area contributed by atoms with Crippen molar-refractivity contribution in [2.24, 2.45) is 0 Å². The number of carbonyl (C=O) groups excluding carboxylic acids is 1. The summed E-state index contributed by atoms with van der Waals surface area (Å²) in [5.41, 5.74) is 0. The topological polar surface area (TPSA) is 52.2 Å². The maximum Gasteiger partial charge on any atom is 0.369 e. The number of rotatable bonds is 2. The monoisotopic (exact) mass is 143 g/mol. The van der Waals surface area contributed by atoms with Crippen LogP contribution in [-0.4, -0.2) is 43.6 Å². The van der Waals surface area contributed by atoms with Gasteiger partial charge in [-0.15, -0.1) is 0 Å². The summed E-state index contributed by atoms with van der Waals surface area (Å²) in [5, 5.41) is 13.2. The van der Waals surface area contributed by atoms with Gasteiger partial charge in [-0.3, -0.25) is 4.90 Å². The highest BCUT2D eigenvalue weighted by molar-refractivity contribution is 5.68. The first-order valence-corrected chi connectivity index (χ1v) is 3.42. The molecule has 4 heteroatoms. The van der Waals surface area contributed by atoms with Gasteiger partial charge in [0.2, 0.25) is 0 Å². The summed E-state index contributed by atoms with van der Waals surface area (Å²) in [6, 6.07) is 0. The van der Waals surface area contributed by atoms with Gasteiger partial charge in [0.1, 0.15) is 6.54 Å². The Balaban J connectivity index is 2.19. The molecule has 0 saturated carbocycles. The lowest BCUT2D eigenvalue weighted by molar-refractivity contribution is -0.144. The zero-order valence-electron chi connectivity index (χ0n) is 5.80. The smallest absolute Gasteiger partial charge is 0.314 e. The van der Waals surface area contributed by atoms with E-state index in [0.717, 1.165) is 26.2 Å². The van der Waals surface area contributed by atoms with Crippen LogP contribution < -0.4 is 5.32 Å². The van der Waals surface area contributed by atoms with Crippen molar-refractivity contribution in [1.29, 1.82) is 0 Å². The lowest BCUT2D eigenvalue weighted by Crippen LogP contribution is -2.45. The average Bonchev–Trinajstić information content (AvgIpc) is 1.88. The quantitative estimate of drug-likeness (QED) is 0.531. The molecule has 0 bridgehead atoms. The summed E-state index contributed by atoms with van der Waals surface area (Å²) in [6.07, 6.45) is 0. The highest BCUT2D eigenvalue weighted by Crippen LogP contribution is 1.90. The summed E-state index contributed by atoms with van der Waals surface area (Å²) in [7, 11) is 0.